The molecule has 3 rings (SSSR count). The third kappa shape index (κ3) is 3.57. The van der Waals surface area contributed by atoms with E-state index in [-0.39, 0.29) is 18.2 Å². The number of fused-ring (bicyclic) bond motifs is 1. The van der Waals surface area contributed by atoms with Crippen LogP contribution >= 0.6 is 0 Å². The Morgan fingerprint density at radius 2 is 1.72 bits per heavy atom. The van der Waals surface area contributed by atoms with E-state index in [1.807, 2.05) is 0 Å². The van der Waals surface area contributed by atoms with Gasteiger partial charge < -0.3 is 19.5 Å². The van der Waals surface area contributed by atoms with Crippen LogP contribution in [0.2, 0.25) is 0 Å². The lowest BCUT2D eigenvalue weighted by molar-refractivity contribution is 0.0936. The number of hydrogen-bond donors (Lipinski definition) is 1. The Labute approximate surface area is 145 Å². The maximum atomic E-state index is 12.5. The predicted octanol–water partition coefficient (Wildman–Crippen LogP) is 2.60. The Morgan fingerprint density at radius 1 is 1.08 bits per heavy atom. The number of benzene rings is 2. The predicted molar refractivity (Wildman–Crippen MR) is 91.6 cm³/mol. The van der Waals surface area contributed by atoms with Gasteiger partial charge in [-0.1, -0.05) is 18.2 Å². The van der Waals surface area contributed by atoms with Gasteiger partial charge in [-0.15, -0.1) is 0 Å². The molecule has 2 aromatic carbocycles. The van der Waals surface area contributed by atoms with Gasteiger partial charge in [0.05, 0.1) is 12.7 Å². The van der Waals surface area contributed by atoms with Crippen molar-refractivity contribution in [2.24, 2.45) is 0 Å². The average molecular weight is 341 g/mol. The molecule has 0 aliphatic carbocycles. The molecule has 25 heavy (non-hydrogen) atoms. The van der Waals surface area contributed by atoms with Crippen LogP contribution in [0.1, 0.15) is 33.2 Å². The summed E-state index contributed by atoms with van der Waals surface area (Å²) in [6, 6.07) is 10.3. The molecule has 1 amide bonds. The standard InChI is InChI=1S/C19H19NO5/c1-12(21)14-5-3-4-6-15(14)19(22)20-11-13-9-17-18(10-16(13)23-2)25-8-7-24-17/h3-6,9-10H,7-8,11H2,1-2H3,(H,20,22). The van der Waals surface area contributed by atoms with E-state index in [1.165, 1.54) is 6.92 Å². The van der Waals surface area contributed by atoms with Crippen LogP contribution in [-0.4, -0.2) is 32.0 Å². The minimum atomic E-state index is -0.317. The molecule has 0 saturated carbocycles. The summed E-state index contributed by atoms with van der Waals surface area (Å²) < 4.78 is 16.5. The van der Waals surface area contributed by atoms with E-state index in [0.29, 0.717) is 41.6 Å². The van der Waals surface area contributed by atoms with Crippen molar-refractivity contribution >= 4 is 11.7 Å². The van der Waals surface area contributed by atoms with Crippen LogP contribution in [-0.2, 0) is 6.54 Å². The summed E-state index contributed by atoms with van der Waals surface area (Å²) in [5, 5.41) is 2.82. The zero-order valence-electron chi connectivity index (χ0n) is 14.1. The van der Waals surface area contributed by atoms with Gasteiger partial charge >= 0.3 is 0 Å². The summed E-state index contributed by atoms with van der Waals surface area (Å²) in [6.07, 6.45) is 0. The van der Waals surface area contributed by atoms with Crippen LogP contribution in [0.3, 0.4) is 0 Å². The lowest BCUT2D eigenvalue weighted by atomic mass is 10.0. The van der Waals surface area contributed by atoms with Crippen LogP contribution in [0.5, 0.6) is 17.2 Å². The van der Waals surface area contributed by atoms with E-state index in [0.717, 1.165) is 5.56 Å². The summed E-state index contributed by atoms with van der Waals surface area (Å²) in [6.45, 7) is 2.66. The van der Waals surface area contributed by atoms with Crippen molar-refractivity contribution in [2.45, 2.75) is 13.5 Å². The van der Waals surface area contributed by atoms with Crippen LogP contribution < -0.4 is 19.5 Å². The molecule has 6 nitrogen and oxygen atoms in total. The molecule has 0 unspecified atom stereocenters. The van der Waals surface area contributed by atoms with Crippen LogP contribution in [0.25, 0.3) is 0 Å². The normalized spacial score (nSPS) is 12.4. The first-order valence-corrected chi connectivity index (χ1v) is 7.95. The zero-order valence-corrected chi connectivity index (χ0v) is 14.1. The van der Waals surface area contributed by atoms with Gasteiger partial charge in [-0.3, -0.25) is 9.59 Å². The number of carbonyl (C=O) groups excluding carboxylic acids is 2. The fourth-order valence-corrected chi connectivity index (χ4v) is 2.70. The molecular formula is C19H19NO5. The number of ketones is 1. The van der Waals surface area contributed by atoms with E-state index in [4.69, 9.17) is 14.2 Å². The van der Waals surface area contributed by atoms with Gasteiger partial charge in [-0.2, -0.15) is 0 Å². The van der Waals surface area contributed by atoms with Gasteiger partial charge in [0.2, 0.25) is 0 Å². The Hall–Kier alpha value is -3.02. The van der Waals surface area contributed by atoms with E-state index in [2.05, 4.69) is 5.32 Å². The number of methoxy groups -OCH3 is 1. The molecule has 1 aliphatic rings. The molecule has 0 radical (unpaired) electrons. The van der Waals surface area contributed by atoms with E-state index < -0.39 is 0 Å². The quantitative estimate of drug-likeness (QED) is 0.846. The van der Waals surface area contributed by atoms with Crippen molar-refractivity contribution in [2.75, 3.05) is 20.3 Å². The molecule has 0 spiro atoms. The van der Waals surface area contributed by atoms with Crippen LogP contribution in [0.4, 0.5) is 0 Å². The lowest BCUT2D eigenvalue weighted by Crippen LogP contribution is -2.25. The first-order valence-electron chi connectivity index (χ1n) is 7.95. The average Bonchev–Trinajstić information content (AvgIpc) is 2.65. The Kier molecular flexibility index (Phi) is 4.88. The highest BCUT2D eigenvalue weighted by molar-refractivity contribution is 6.07. The van der Waals surface area contributed by atoms with Gasteiger partial charge in [0.15, 0.2) is 17.3 Å². The molecule has 1 aliphatic heterocycles. The molecule has 6 heteroatoms. The summed E-state index contributed by atoms with van der Waals surface area (Å²) in [5.74, 6) is 1.38. The van der Waals surface area contributed by atoms with E-state index >= 15 is 0 Å². The smallest absolute Gasteiger partial charge is 0.252 e. The second-order valence-corrected chi connectivity index (χ2v) is 5.59. The number of hydrogen-bond acceptors (Lipinski definition) is 5. The summed E-state index contributed by atoms with van der Waals surface area (Å²) in [4.78, 5) is 24.1. The third-order valence-corrected chi connectivity index (χ3v) is 3.94. The number of Topliss-reactive ketones (excluding diaryl/α,β-unsaturated/α-hetero) is 1. The molecule has 0 fully saturated rings. The Bertz CT molecular complexity index is 815. The first kappa shape index (κ1) is 16.8. The van der Waals surface area contributed by atoms with Gasteiger partial charge in [-0.25, -0.2) is 0 Å². The molecule has 1 heterocycles. The fraction of sp³-hybridized carbons (Fsp3) is 0.263. The minimum Gasteiger partial charge on any atom is -0.496 e. The molecule has 0 bridgehead atoms. The second kappa shape index (κ2) is 7.25. The SMILES string of the molecule is COc1cc2c(cc1CNC(=O)c1ccccc1C(C)=O)OCCO2. The molecule has 1 N–H and O–H groups in total. The summed E-state index contributed by atoms with van der Waals surface area (Å²) in [7, 11) is 1.56. The van der Waals surface area contributed by atoms with Gasteiger partial charge in [0, 0.05) is 23.7 Å². The highest BCUT2D eigenvalue weighted by Crippen LogP contribution is 2.36. The van der Waals surface area contributed by atoms with E-state index in [9.17, 15) is 9.59 Å². The molecular weight excluding hydrogens is 322 g/mol. The van der Waals surface area contributed by atoms with Gasteiger partial charge in [0.1, 0.15) is 19.0 Å². The molecule has 0 atom stereocenters. The van der Waals surface area contributed by atoms with Crippen molar-refractivity contribution in [3.05, 3.63) is 53.1 Å². The van der Waals surface area contributed by atoms with Gasteiger partial charge in [-0.05, 0) is 19.1 Å². The van der Waals surface area contributed by atoms with Crippen molar-refractivity contribution in [1.29, 1.82) is 0 Å². The van der Waals surface area contributed by atoms with Crippen molar-refractivity contribution in [1.82, 2.24) is 5.32 Å². The molecule has 2 aromatic rings. The molecule has 0 aromatic heterocycles. The van der Waals surface area contributed by atoms with Crippen molar-refractivity contribution in [3.63, 3.8) is 0 Å². The van der Waals surface area contributed by atoms with Crippen molar-refractivity contribution in [3.8, 4) is 17.2 Å². The number of nitrogens with one attached hydrogen (secondary N) is 1. The fourth-order valence-electron chi connectivity index (χ4n) is 2.70. The maximum absolute atomic E-state index is 12.5. The van der Waals surface area contributed by atoms with Crippen LogP contribution in [0.15, 0.2) is 36.4 Å². The van der Waals surface area contributed by atoms with Gasteiger partial charge in [0.25, 0.3) is 5.91 Å². The maximum Gasteiger partial charge on any atom is 0.252 e. The monoisotopic (exact) mass is 341 g/mol. The Morgan fingerprint density at radius 3 is 2.36 bits per heavy atom. The third-order valence-electron chi connectivity index (χ3n) is 3.94. The largest absolute Gasteiger partial charge is 0.496 e. The summed E-state index contributed by atoms with van der Waals surface area (Å²) >= 11 is 0. The topological polar surface area (TPSA) is 73.9 Å². The van der Waals surface area contributed by atoms with Crippen LogP contribution in [0, 0.1) is 0 Å². The number of carbonyl (C=O) groups is 2. The lowest BCUT2D eigenvalue weighted by Gasteiger charge is -2.21. The number of amides is 1. The minimum absolute atomic E-state index is 0.150. The molecule has 0 saturated heterocycles. The first-order chi connectivity index (χ1) is 12.1. The molecule has 130 valence electrons. The second-order valence-electron chi connectivity index (χ2n) is 5.59. The van der Waals surface area contributed by atoms with Crippen molar-refractivity contribution < 1.29 is 23.8 Å². The highest BCUT2D eigenvalue weighted by atomic mass is 16.6. The highest BCUT2D eigenvalue weighted by Gasteiger charge is 2.18. The number of ether oxygens (including phenoxy) is 3. The summed E-state index contributed by atoms with van der Waals surface area (Å²) in [5.41, 5.74) is 1.51. The van der Waals surface area contributed by atoms with E-state index in [1.54, 1.807) is 43.5 Å². The number of rotatable bonds is 5. The zero-order chi connectivity index (χ0) is 17.8. The Balaban J connectivity index is 1.80.